The molecule has 2 amide bonds. The Morgan fingerprint density at radius 1 is 1.29 bits per heavy atom. The summed E-state index contributed by atoms with van der Waals surface area (Å²) in [5.74, 6) is -1.29. The Balaban J connectivity index is 2.33. The summed E-state index contributed by atoms with van der Waals surface area (Å²) >= 11 is 0. The van der Waals surface area contributed by atoms with Crippen LogP contribution in [-0.4, -0.2) is 20.9 Å². The maximum atomic E-state index is 14.3. The minimum atomic E-state index is -0.754. The van der Waals surface area contributed by atoms with Crippen LogP contribution in [0.3, 0.4) is 0 Å². The van der Waals surface area contributed by atoms with Gasteiger partial charge >= 0.3 is 5.69 Å². The number of carbonyl (C=O) groups excluding carboxylic acids is 2. The van der Waals surface area contributed by atoms with Crippen LogP contribution >= 0.6 is 0 Å². The molecular weight excluding hydrogens is 313 g/mol. The highest BCUT2D eigenvalue weighted by Gasteiger charge is 2.32. The van der Waals surface area contributed by atoms with Crippen LogP contribution in [0, 0.1) is 5.82 Å². The van der Waals surface area contributed by atoms with Gasteiger partial charge in [-0.1, -0.05) is 13.8 Å². The van der Waals surface area contributed by atoms with E-state index < -0.39 is 11.9 Å². The molecule has 1 N–H and O–H groups in total. The molecule has 0 saturated carbocycles. The van der Waals surface area contributed by atoms with Crippen LogP contribution in [0.25, 0.3) is 11.0 Å². The summed E-state index contributed by atoms with van der Waals surface area (Å²) in [5.41, 5.74) is 1.18. The van der Waals surface area contributed by atoms with E-state index in [1.807, 2.05) is 20.8 Å². The minimum absolute atomic E-state index is 0.108. The maximum absolute atomic E-state index is 14.3. The summed E-state index contributed by atoms with van der Waals surface area (Å²) in [6.45, 7) is 5.92. The molecule has 0 aliphatic carbocycles. The number of nitrogens with one attached hydrogen (secondary N) is 1. The largest absolute Gasteiger partial charge is 0.329 e. The van der Waals surface area contributed by atoms with Gasteiger partial charge in [-0.15, -0.1) is 0 Å². The van der Waals surface area contributed by atoms with E-state index >= 15 is 0 Å². The molecule has 3 rings (SSSR count). The van der Waals surface area contributed by atoms with E-state index in [4.69, 9.17) is 0 Å². The van der Waals surface area contributed by atoms with Crippen molar-refractivity contribution in [3.63, 3.8) is 0 Å². The predicted molar refractivity (Wildman–Crippen MR) is 87.3 cm³/mol. The molecule has 1 aromatic heterocycles. The molecule has 0 radical (unpaired) electrons. The minimum Gasteiger partial charge on any atom is -0.295 e. The topological polar surface area (TPSA) is 73.1 Å². The van der Waals surface area contributed by atoms with Gasteiger partial charge in [-0.2, -0.15) is 0 Å². The normalized spacial score (nSPS) is 18.5. The van der Waals surface area contributed by atoms with Gasteiger partial charge in [0.2, 0.25) is 11.8 Å². The first-order valence-corrected chi connectivity index (χ1v) is 8.13. The Kier molecular flexibility index (Phi) is 4.03. The Bertz CT molecular complexity index is 895. The number of carbonyl (C=O) groups is 2. The molecule has 1 unspecified atom stereocenters. The Labute approximate surface area is 138 Å². The van der Waals surface area contributed by atoms with Crippen molar-refractivity contribution < 1.29 is 14.0 Å². The van der Waals surface area contributed by atoms with Gasteiger partial charge in [0.1, 0.15) is 11.9 Å². The number of aromatic nitrogens is 2. The zero-order valence-electron chi connectivity index (χ0n) is 13.9. The van der Waals surface area contributed by atoms with Gasteiger partial charge in [0, 0.05) is 18.5 Å². The van der Waals surface area contributed by atoms with Crippen LogP contribution in [0.4, 0.5) is 4.39 Å². The number of nitrogens with zero attached hydrogens (tertiary/aromatic N) is 2. The monoisotopic (exact) mass is 333 g/mol. The maximum Gasteiger partial charge on any atom is 0.329 e. The molecule has 1 atom stereocenters. The SMILES string of the molecule is CCn1c(=O)n(C2CCC(=O)NC2=O)c2ccc(F)c(C(C)C)c21. The zero-order chi connectivity index (χ0) is 17.6. The number of fused-ring (bicyclic) bond motifs is 1. The number of amides is 2. The molecule has 24 heavy (non-hydrogen) atoms. The second kappa shape index (κ2) is 5.89. The summed E-state index contributed by atoms with van der Waals surface area (Å²) < 4.78 is 17.2. The van der Waals surface area contributed by atoms with Crippen LogP contribution < -0.4 is 11.0 Å². The van der Waals surface area contributed by atoms with Gasteiger partial charge in [0.15, 0.2) is 0 Å². The van der Waals surface area contributed by atoms with Crippen LogP contribution in [0.1, 0.15) is 51.1 Å². The highest BCUT2D eigenvalue weighted by molar-refractivity contribution is 6.00. The lowest BCUT2D eigenvalue weighted by Crippen LogP contribution is -2.44. The fraction of sp³-hybridized carbons (Fsp3) is 0.471. The summed E-state index contributed by atoms with van der Waals surface area (Å²) in [5, 5.41) is 2.27. The number of aryl methyl sites for hydroxylation is 1. The van der Waals surface area contributed by atoms with E-state index in [0.29, 0.717) is 23.1 Å². The number of hydrogen-bond acceptors (Lipinski definition) is 3. The number of imide groups is 1. The second-order valence-corrected chi connectivity index (χ2v) is 6.35. The molecule has 1 saturated heterocycles. The van der Waals surface area contributed by atoms with Crippen LogP contribution in [0.15, 0.2) is 16.9 Å². The predicted octanol–water partition coefficient (Wildman–Crippen LogP) is 2.06. The number of rotatable bonds is 3. The summed E-state index contributed by atoms with van der Waals surface area (Å²) in [6.07, 6.45) is 0.446. The average molecular weight is 333 g/mol. The average Bonchev–Trinajstić information content (AvgIpc) is 2.78. The van der Waals surface area contributed by atoms with Crippen molar-refractivity contribution in [2.24, 2.45) is 0 Å². The lowest BCUT2D eigenvalue weighted by molar-refractivity contribution is -0.135. The van der Waals surface area contributed by atoms with Gasteiger partial charge in [-0.3, -0.25) is 24.0 Å². The molecule has 6 nitrogen and oxygen atoms in total. The van der Waals surface area contributed by atoms with Gasteiger partial charge in [-0.05, 0) is 31.4 Å². The summed E-state index contributed by atoms with van der Waals surface area (Å²) in [7, 11) is 0. The fourth-order valence-corrected chi connectivity index (χ4v) is 3.45. The van der Waals surface area contributed by atoms with E-state index in [1.54, 1.807) is 0 Å². The van der Waals surface area contributed by atoms with Crippen molar-refractivity contribution in [1.29, 1.82) is 0 Å². The van der Waals surface area contributed by atoms with E-state index in [1.165, 1.54) is 21.3 Å². The molecule has 2 heterocycles. The van der Waals surface area contributed by atoms with Crippen molar-refractivity contribution >= 4 is 22.8 Å². The molecule has 1 aromatic carbocycles. The van der Waals surface area contributed by atoms with Crippen molar-refractivity contribution in [3.8, 4) is 0 Å². The molecule has 0 spiro atoms. The Morgan fingerprint density at radius 2 is 2.00 bits per heavy atom. The number of halogens is 1. The molecule has 1 aliphatic rings. The summed E-state index contributed by atoms with van der Waals surface area (Å²) in [6, 6.07) is 2.11. The van der Waals surface area contributed by atoms with Crippen LogP contribution in [-0.2, 0) is 16.1 Å². The molecule has 128 valence electrons. The van der Waals surface area contributed by atoms with E-state index in [9.17, 15) is 18.8 Å². The first-order valence-electron chi connectivity index (χ1n) is 8.13. The molecule has 7 heteroatoms. The smallest absolute Gasteiger partial charge is 0.295 e. The van der Waals surface area contributed by atoms with Crippen LogP contribution in [0.2, 0.25) is 0 Å². The standard InChI is InChI=1S/C17H20FN3O3/c1-4-20-15-11(6-5-10(18)14(15)9(2)3)21(17(20)24)12-7-8-13(22)19-16(12)23/h5-6,9,12H,4,7-8H2,1-3H3,(H,19,22,23). The summed E-state index contributed by atoms with van der Waals surface area (Å²) in [4.78, 5) is 36.5. The first kappa shape index (κ1) is 16.4. The number of benzene rings is 1. The molecule has 1 aliphatic heterocycles. The zero-order valence-corrected chi connectivity index (χ0v) is 13.9. The molecular formula is C17H20FN3O3. The Hall–Kier alpha value is -2.44. The van der Waals surface area contributed by atoms with E-state index in [-0.39, 0.29) is 36.2 Å². The highest BCUT2D eigenvalue weighted by Crippen LogP contribution is 2.30. The quantitative estimate of drug-likeness (QED) is 0.874. The highest BCUT2D eigenvalue weighted by atomic mass is 19.1. The first-order chi connectivity index (χ1) is 11.4. The van der Waals surface area contributed by atoms with Gasteiger partial charge < -0.3 is 0 Å². The van der Waals surface area contributed by atoms with Crippen molar-refractivity contribution in [3.05, 3.63) is 34.0 Å². The van der Waals surface area contributed by atoms with Gasteiger partial charge in [0.05, 0.1) is 11.0 Å². The van der Waals surface area contributed by atoms with Crippen molar-refractivity contribution in [2.75, 3.05) is 0 Å². The number of piperidine rings is 1. The van der Waals surface area contributed by atoms with E-state index in [0.717, 1.165) is 0 Å². The van der Waals surface area contributed by atoms with Gasteiger partial charge in [0.25, 0.3) is 0 Å². The van der Waals surface area contributed by atoms with Crippen molar-refractivity contribution in [2.45, 2.75) is 52.1 Å². The second-order valence-electron chi connectivity index (χ2n) is 6.35. The van der Waals surface area contributed by atoms with Gasteiger partial charge in [-0.25, -0.2) is 9.18 Å². The molecule has 1 fully saturated rings. The fourth-order valence-electron chi connectivity index (χ4n) is 3.45. The van der Waals surface area contributed by atoms with E-state index in [2.05, 4.69) is 5.32 Å². The Morgan fingerprint density at radius 3 is 2.58 bits per heavy atom. The molecule has 0 bridgehead atoms. The lowest BCUT2D eigenvalue weighted by atomic mass is 10.00. The third kappa shape index (κ3) is 2.35. The third-order valence-corrected chi connectivity index (χ3v) is 4.52. The van der Waals surface area contributed by atoms with Crippen molar-refractivity contribution in [1.82, 2.24) is 14.5 Å². The number of imidazole rings is 1. The third-order valence-electron chi connectivity index (χ3n) is 4.52. The lowest BCUT2D eigenvalue weighted by Gasteiger charge is -2.22. The number of hydrogen-bond donors (Lipinski definition) is 1. The molecule has 2 aromatic rings. The van der Waals surface area contributed by atoms with Crippen LogP contribution in [0.5, 0.6) is 0 Å².